The molecule has 1 heterocycles. The van der Waals surface area contributed by atoms with Gasteiger partial charge in [0.15, 0.2) is 0 Å². The highest BCUT2D eigenvalue weighted by Gasteiger charge is 2.28. The molecule has 1 atom stereocenters. The Balaban J connectivity index is 2.33. The second-order valence-corrected chi connectivity index (χ2v) is 5.19. The number of allylic oxidation sites excluding steroid dienone is 1. The predicted molar refractivity (Wildman–Crippen MR) is 73.6 cm³/mol. The minimum atomic E-state index is -0.415. The van der Waals surface area contributed by atoms with Crippen molar-refractivity contribution in [3.05, 3.63) is 46.9 Å². The van der Waals surface area contributed by atoms with E-state index in [9.17, 15) is 9.65 Å². The Kier molecular flexibility index (Phi) is 2.67. The van der Waals surface area contributed by atoms with E-state index in [4.69, 9.17) is 0 Å². The minimum Gasteiger partial charge on any atom is -0.358 e. The van der Waals surface area contributed by atoms with Gasteiger partial charge < -0.3 is 4.98 Å². The normalized spacial score (nSPS) is 17.4. The summed E-state index contributed by atoms with van der Waals surface area (Å²) < 4.78 is 13.9. The summed E-state index contributed by atoms with van der Waals surface area (Å²) in [7, 11) is 0. The van der Waals surface area contributed by atoms with Crippen LogP contribution in [-0.4, -0.2) is 4.98 Å². The molecule has 1 aromatic heterocycles. The summed E-state index contributed by atoms with van der Waals surface area (Å²) in [6.45, 7) is 5.67. The summed E-state index contributed by atoms with van der Waals surface area (Å²) in [4.78, 5) is 3.42. The number of nitriles is 1. The average molecular weight is 254 g/mol. The molecule has 0 radical (unpaired) electrons. The maximum atomic E-state index is 13.9. The highest BCUT2D eigenvalue weighted by molar-refractivity contribution is 5.93. The van der Waals surface area contributed by atoms with Crippen LogP contribution in [0.15, 0.2) is 18.7 Å². The molecule has 3 rings (SSSR count). The molecule has 1 aliphatic rings. The highest BCUT2D eigenvalue weighted by atomic mass is 19.1. The Morgan fingerprint density at radius 2 is 2.42 bits per heavy atom. The monoisotopic (exact) mass is 254 g/mol. The number of H-pyrrole nitrogens is 1. The highest BCUT2D eigenvalue weighted by Crippen LogP contribution is 2.41. The molecule has 1 aromatic carbocycles. The van der Waals surface area contributed by atoms with Crippen LogP contribution in [0.2, 0.25) is 0 Å². The van der Waals surface area contributed by atoms with Gasteiger partial charge in [-0.15, -0.1) is 6.58 Å². The Morgan fingerprint density at radius 1 is 1.63 bits per heavy atom. The minimum absolute atomic E-state index is 0.178. The van der Waals surface area contributed by atoms with Crippen molar-refractivity contribution in [3.8, 4) is 6.07 Å². The van der Waals surface area contributed by atoms with Crippen molar-refractivity contribution in [1.29, 1.82) is 5.26 Å². The number of nitrogens with zero attached hydrogens (tertiary/aromatic N) is 1. The summed E-state index contributed by atoms with van der Waals surface area (Å²) in [5, 5.41) is 10.00. The number of fused-ring (bicyclic) bond motifs is 3. The van der Waals surface area contributed by atoms with Gasteiger partial charge in [-0.2, -0.15) is 5.26 Å². The second-order valence-electron chi connectivity index (χ2n) is 5.19. The fourth-order valence-corrected chi connectivity index (χ4v) is 3.20. The Hall–Kier alpha value is -2.08. The molecule has 0 aliphatic heterocycles. The molecule has 1 aliphatic carbocycles. The molecule has 3 heteroatoms. The van der Waals surface area contributed by atoms with E-state index in [1.807, 2.05) is 19.1 Å². The number of aromatic amines is 1. The molecule has 96 valence electrons. The summed E-state index contributed by atoms with van der Waals surface area (Å²) in [6.07, 6.45) is 4.79. The molecule has 2 nitrogen and oxygen atoms in total. The Labute approximate surface area is 111 Å². The Morgan fingerprint density at radius 3 is 3.11 bits per heavy atom. The van der Waals surface area contributed by atoms with Gasteiger partial charge in [-0.3, -0.25) is 0 Å². The first kappa shape index (κ1) is 12.0. The third-order valence-corrected chi connectivity index (χ3v) is 4.08. The van der Waals surface area contributed by atoms with Crippen molar-refractivity contribution in [2.24, 2.45) is 0 Å². The van der Waals surface area contributed by atoms with E-state index in [2.05, 4.69) is 11.6 Å². The quantitative estimate of drug-likeness (QED) is 0.805. The van der Waals surface area contributed by atoms with Gasteiger partial charge in [-0.1, -0.05) is 6.08 Å². The lowest BCUT2D eigenvalue weighted by Crippen LogP contribution is -1.93. The van der Waals surface area contributed by atoms with E-state index in [-0.39, 0.29) is 5.56 Å². The van der Waals surface area contributed by atoms with E-state index >= 15 is 0 Å². The lowest BCUT2D eigenvalue weighted by molar-refractivity contribution is 0.624. The lowest BCUT2D eigenvalue weighted by atomic mass is 10.0. The van der Waals surface area contributed by atoms with Gasteiger partial charge in [0.25, 0.3) is 0 Å². The van der Waals surface area contributed by atoms with Crippen molar-refractivity contribution in [2.45, 2.75) is 32.1 Å². The number of benzene rings is 1. The van der Waals surface area contributed by atoms with E-state index in [1.165, 1.54) is 11.8 Å². The van der Waals surface area contributed by atoms with Crippen molar-refractivity contribution >= 4 is 10.9 Å². The molecule has 1 N–H and O–H groups in total. The van der Waals surface area contributed by atoms with Gasteiger partial charge in [0.1, 0.15) is 11.9 Å². The number of rotatable bonds is 2. The van der Waals surface area contributed by atoms with Crippen LogP contribution in [0.3, 0.4) is 0 Å². The molecule has 0 bridgehead atoms. The zero-order chi connectivity index (χ0) is 13.6. The van der Waals surface area contributed by atoms with Crippen LogP contribution in [0.5, 0.6) is 0 Å². The maximum Gasteiger partial charge on any atom is 0.141 e. The third kappa shape index (κ3) is 1.60. The van der Waals surface area contributed by atoms with Crippen LogP contribution in [0.1, 0.15) is 41.1 Å². The standard InChI is InChI=1S/C16H15FN2/c1-3-4-10-5-6-11-14-12(8-18)13(17)7-9(2)15(14)19-16(10)11/h3,7,10,19H,1,4-6H2,2H3. The molecule has 2 aromatic rings. The summed E-state index contributed by atoms with van der Waals surface area (Å²) in [5.41, 5.74) is 4.24. The predicted octanol–water partition coefficient (Wildman–Crippen LogP) is 4.09. The van der Waals surface area contributed by atoms with Crippen molar-refractivity contribution < 1.29 is 4.39 Å². The smallest absolute Gasteiger partial charge is 0.141 e. The van der Waals surface area contributed by atoms with Gasteiger partial charge in [0, 0.05) is 17.0 Å². The number of nitrogens with one attached hydrogen (secondary N) is 1. The number of hydrogen-bond donors (Lipinski definition) is 1. The van der Waals surface area contributed by atoms with Crippen LogP contribution >= 0.6 is 0 Å². The number of halogens is 1. The van der Waals surface area contributed by atoms with Crippen LogP contribution in [0.25, 0.3) is 10.9 Å². The van der Waals surface area contributed by atoms with Gasteiger partial charge >= 0.3 is 0 Å². The zero-order valence-corrected chi connectivity index (χ0v) is 10.9. The molecule has 1 unspecified atom stereocenters. The van der Waals surface area contributed by atoms with E-state index < -0.39 is 5.82 Å². The summed E-state index contributed by atoms with van der Waals surface area (Å²) >= 11 is 0. The fraction of sp³-hybridized carbons (Fsp3) is 0.312. The fourth-order valence-electron chi connectivity index (χ4n) is 3.20. The van der Waals surface area contributed by atoms with Crippen molar-refractivity contribution in [2.75, 3.05) is 0 Å². The SMILES string of the molecule is C=CCC1CCc2c1[nH]c1c(C)cc(F)c(C#N)c21. The van der Waals surface area contributed by atoms with Gasteiger partial charge in [-0.25, -0.2) is 4.39 Å². The van der Waals surface area contributed by atoms with E-state index in [1.54, 1.807) is 0 Å². The molecule has 0 saturated carbocycles. The zero-order valence-electron chi connectivity index (χ0n) is 10.9. The lowest BCUT2D eigenvalue weighted by Gasteiger charge is -2.06. The molecule has 0 amide bonds. The van der Waals surface area contributed by atoms with Crippen LogP contribution in [0.4, 0.5) is 4.39 Å². The van der Waals surface area contributed by atoms with Crippen molar-refractivity contribution in [1.82, 2.24) is 4.98 Å². The molecule has 0 saturated heterocycles. The van der Waals surface area contributed by atoms with Gasteiger partial charge in [0.2, 0.25) is 0 Å². The number of aryl methyl sites for hydroxylation is 2. The first-order valence-corrected chi connectivity index (χ1v) is 6.52. The molecular formula is C16H15FN2. The summed E-state index contributed by atoms with van der Waals surface area (Å²) in [6, 6.07) is 3.45. The maximum absolute atomic E-state index is 13.9. The van der Waals surface area contributed by atoms with Crippen molar-refractivity contribution in [3.63, 3.8) is 0 Å². The van der Waals surface area contributed by atoms with Gasteiger partial charge in [0.05, 0.1) is 11.1 Å². The van der Waals surface area contributed by atoms with E-state index in [0.717, 1.165) is 41.3 Å². The second kappa shape index (κ2) is 4.24. The summed E-state index contributed by atoms with van der Waals surface area (Å²) in [5.74, 6) is 0.00961. The number of hydrogen-bond acceptors (Lipinski definition) is 1. The molecule has 19 heavy (non-hydrogen) atoms. The average Bonchev–Trinajstić information content (AvgIpc) is 2.92. The van der Waals surface area contributed by atoms with Crippen LogP contribution < -0.4 is 0 Å². The molecular weight excluding hydrogens is 239 g/mol. The Bertz CT molecular complexity index is 719. The topological polar surface area (TPSA) is 39.6 Å². The largest absolute Gasteiger partial charge is 0.358 e. The first-order chi connectivity index (χ1) is 9.17. The van der Waals surface area contributed by atoms with Crippen LogP contribution in [0, 0.1) is 24.1 Å². The molecule has 0 fully saturated rings. The van der Waals surface area contributed by atoms with Crippen LogP contribution in [-0.2, 0) is 6.42 Å². The first-order valence-electron chi connectivity index (χ1n) is 6.52. The molecule has 0 spiro atoms. The number of aromatic nitrogens is 1. The van der Waals surface area contributed by atoms with Gasteiger partial charge in [-0.05, 0) is 43.4 Å². The third-order valence-electron chi connectivity index (χ3n) is 4.08. The van der Waals surface area contributed by atoms with E-state index in [0.29, 0.717) is 5.92 Å².